The van der Waals surface area contributed by atoms with Crippen LogP contribution in [0.25, 0.3) is 10.8 Å². The highest BCUT2D eigenvalue weighted by molar-refractivity contribution is 5.89. The lowest BCUT2D eigenvalue weighted by atomic mass is 9.96. The number of hydrogen-bond donors (Lipinski definition) is 1. The third kappa shape index (κ3) is 7.69. The Morgan fingerprint density at radius 3 is 2.30 bits per heavy atom. The normalized spacial score (nSPS) is 12.0. The molecule has 0 aliphatic carbocycles. The lowest BCUT2D eigenvalue weighted by Crippen LogP contribution is -2.41. The molecule has 2 aromatic rings. The van der Waals surface area contributed by atoms with Crippen LogP contribution >= 0.6 is 0 Å². The molecule has 0 saturated heterocycles. The minimum absolute atomic E-state index is 0.0799. The van der Waals surface area contributed by atoms with Gasteiger partial charge in [0.1, 0.15) is 18.1 Å². The number of alkyl carbamates (subject to hydrolysis) is 1. The van der Waals surface area contributed by atoms with Crippen LogP contribution in [0.5, 0.6) is 11.5 Å². The van der Waals surface area contributed by atoms with Gasteiger partial charge < -0.3 is 24.1 Å². The second-order valence-electron chi connectivity index (χ2n) is 10.5. The number of ether oxygens (including phenoxy) is 3. The number of benzene rings is 1. The summed E-state index contributed by atoms with van der Waals surface area (Å²) in [4.78, 5) is 26.0. The zero-order valence-corrected chi connectivity index (χ0v) is 21.5. The summed E-state index contributed by atoms with van der Waals surface area (Å²) in [6, 6.07) is 5.42. The zero-order valence-electron chi connectivity index (χ0n) is 21.5. The molecule has 7 heteroatoms. The van der Waals surface area contributed by atoms with Crippen molar-refractivity contribution in [1.29, 1.82) is 0 Å². The Labute approximate surface area is 197 Å². The number of fused-ring (bicyclic) bond motifs is 1. The van der Waals surface area contributed by atoms with E-state index in [1.54, 1.807) is 16.7 Å². The highest BCUT2D eigenvalue weighted by atomic mass is 16.6. The number of unbranched alkanes of at least 4 members (excludes halogenated alkanes) is 1. The molecule has 0 aliphatic heterocycles. The van der Waals surface area contributed by atoms with Crippen molar-refractivity contribution in [3.63, 3.8) is 0 Å². The monoisotopic (exact) mass is 460 g/mol. The maximum absolute atomic E-state index is 13.6. The first-order valence-electron chi connectivity index (χ1n) is 11.8. The van der Waals surface area contributed by atoms with Gasteiger partial charge >= 0.3 is 6.09 Å². The number of hydrogen-bond acceptors (Lipinski definition) is 5. The summed E-state index contributed by atoms with van der Waals surface area (Å²) in [6.45, 7) is 17.2. The van der Waals surface area contributed by atoms with Gasteiger partial charge in [-0.3, -0.25) is 4.79 Å². The van der Waals surface area contributed by atoms with Crippen molar-refractivity contribution in [3.8, 4) is 11.5 Å². The molecule has 0 aliphatic rings. The molecule has 2 rings (SSSR count). The predicted octanol–water partition coefficient (Wildman–Crippen LogP) is 5.65. The fraction of sp³-hybridized carbons (Fsp3) is 0.615. The van der Waals surface area contributed by atoms with E-state index < -0.39 is 11.6 Å². The van der Waals surface area contributed by atoms with Gasteiger partial charge in [-0.2, -0.15) is 0 Å². The number of nitrogens with one attached hydrogen (secondary N) is 1. The smallest absolute Gasteiger partial charge is 0.407 e. The van der Waals surface area contributed by atoms with Crippen molar-refractivity contribution < 1.29 is 19.0 Å². The van der Waals surface area contributed by atoms with E-state index in [-0.39, 0.29) is 17.6 Å². The number of pyridine rings is 1. The van der Waals surface area contributed by atoms with Crippen molar-refractivity contribution in [3.05, 3.63) is 34.2 Å². The number of nitrogens with zero attached hydrogens (tertiary/aromatic N) is 1. The van der Waals surface area contributed by atoms with Crippen LogP contribution in [0, 0.1) is 5.41 Å². The second kappa shape index (κ2) is 10.9. The highest BCUT2D eigenvalue weighted by Crippen LogP contribution is 2.33. The standard InChI is InChI=1S/C26H40N2O5/c1-9-11-14-32-22-20-15-18(31-10-2)12-13-19(20)23(29)28(17-25(3,4)5)21(22)16-33-24(30)27-26(6,7)8/h12-13,15H,9-11,14,16-17H2,1-8H3,(H,27,30). The summed E-state index contributed by atoms with van der Waals surface area (Å²) in [5, 5.41) is 4.02. The molecular weight excluding hydrogens is 420 g/mol. The van der Waals surface area contributed by atoms with E-state index in [4.69, 9.17) is 14.2 Å². The average molecular weight is 461 g/mol. The Balaban J connectivity index is 2.68. The van der Waals surface area contributed by atoms with Gasteiger partial charge in [0.25, 0.3) is 5.56 Å². The third-order valence-electron chi connectivity index (χ3n) is 4.80. The van der Waals surface area contributed by atoms with E-state index >= 15 is 0 Å². The summed E-state index contributed by atoms with van der Waals surface area (Å²) in [5.74, 6) is 1.23. The number of aromatic nitrogens is 1. The molecule has 1 aromatic carbocycles. The van der Waals surface area contributed by atoms with Crippen LogP contribution in [0.1, 0.15) is 73.9 Å². The van der Waals surface area contributed by atoms with E-state index in [1.807, 2.05) is 33.8 Å². The number of amides is 1. The van der Waals surface area contributed by atoms with Gasteiger partial charge in [0.2, 0.25) is 0 Å². The summed E-state index contributed by atoms with van der Waals surface area (Å²) in [7, 11) is 0. The molecule has 0 fully saturated rings. The topological polar surface area (TPSA) is 78.8 Å². The van der Waals surface area contributed by atoms with Gasteiger partial charge in [0, 0.05) is 17.5 Å². The zero-order chi connectivity index (χ0) is 24.8. The molecular formula is C26H40N2O5. The molecule has 0 atom stereocenters. The molecule has 1 amide bonds. The Morgan fingerprint density at radius 1 is 1.03 bits per heavy atom. The first kappa shape index (κ1) is 26.6. The summed E-state index contributed by atoms with van der Waals surface area (Å²) in [6.07, 6.45) is 1.30. The lowest BCUT2D eigenvalue weighted by Gasteiger charge is -2.26. The van der Waals surface area contributed by atoms with Crippen LogP contribution < -0.4 is 20.3 Å². The minimum Gasteiger partial charge on any atom is -0.494 e. The first-order valence-corrected chi connectivity index (χ1v) is 11.8. The molecule has 0 radical (unpaired) electrons. The Hall–Kier alpha value is -2.70. The van der Waals surface area contributed by atoms with Gasteiger partial charge in [0.05, 0.1) is 18.6 Å². The molecule has 1 heterocycles. The molecule has 1 aromatic heterocycles. The molecule has 0 spiro atoms. The molecule has 7 nitrogen and oxygen atoms in total. The maximum Gasteiger partial charge on any atom is 0.407 e. The van der Waals surface area contributed by atoms with Crippen molar-refractivity contribution in [2.24, 2.45) is 5.41 Å². The molecule has 0 bridgehead atoms. The van der Waals surface area contributed by atoms with E-state index in [2.05, 4.69) is 33.0 Å². The summed E-state index contributed by atoms with van der Waals surface area (Å²) < 4.78 is 19.2. The largest absolute Gasteiger partial charge is 0.494 e. The van der Waals surface area contributed by atoms with Crippen LogP contribution in [0.15, 0.2) is 23.0 Å². The lowest BCUT2D eigenvalue weighted by molar-refractivity contribution is 0.125. The molecule has 184 valence electrons. The Kier molecular flexibility index (Phi) is 8.81. The molecule has 33 heavy (non-hydrogen) atoms. The third-order valence-corrected chi connectivity index (χ3v) is 4.80. The van der Waals surface area contributed by atoms with Crippen LogP contribution in [-0.4, -0.2) is 29.4 Å². The fourth-order valence-corrected chi connectivity index (χ4v) is 3.44. The highest BCUT2D eigenvalue weighted by Gasteiger charge is 2.24. The van der Waals surface area contributed by atoms with E-state index in [1.165, 1.54) is 0 Å². The van der Waals surface area contributed by atoms with E-state index in [0.29, 0.717) is 47.7 Å². The minimum atomic E-state index is -0.542. The predicted molar refractivity (Wildman–Crippen MR) is 132 cm³/mol. The van der Waals surface area contributed by atoms with Gasteiger partial charge in [0.15, 0.2) is 5.75 Å². The fourth-order valence-electron chi connectivity index (χ4n) is 3.44. The molecule has 0 unspecified atom stereocenters. The van der Waals surface area contributed by atoms with Crippen molar-refractivity contribution in [1.82, 2.24) is 9.88 Å². The van der Waals surface area contributed by atoms with Crippen molar-refractivity contribution >= 4 is 16.9 Å². The van der Waals surface area contributed by atoms with Gasteiger partial charge in [-0.15, -0.1) is 0 Å². The van der Waals surface area contributed by atoms with Gasteiger partial charge in [-0.05, 0) is 57.7 Å². The molecule has 0 saturated carbocycles. The molecule has 1 N–H and O–H groups in total. The van der Waals surface area contributed by atoms with Crippen LogP contribution in [-0.2, 0) is 17.9 Å². The Morgan fingerprint density at radius 2 is 1.73 bits per heavy atom. The van der Waals surface area contributed by atoms with Crippen LogP contribution in [0.4, 0.5) is 4.79 Å². The second-order valence-corrected chi connectivity index (χ2v) is 10.5. The van der Waals surface area contributed by atoms with Crippen LogP contribution in [0.2, 0.25) is 0 Å². The summed E-state index contributed by atoms with van der Waals surface area (Å²) in [5.41, 5.74) is -0.193. The quantitative estimate of drug-likeness (QED) is 0.489. The van der Waals surface area contributed by atoms with E-state index in [9.17, 15) is 9.59 Å². The van der Waals surface area contributed by atoms with Crippen molar-refractivity contribution in [2.75, 3.05) is 13.2 Å². The van der Waals surface area contributed by atoms with Gasteiger partial charge in [-0.25, -0.2) is 4.79 Å². The summed E-state index contributed by atoms with van der Waals surface area (Å²) >= 11 is 0. The number of carbonyl (C=O) groups is 1. The number of rotatable bonds is 9. The SMILES string of the molecule is CCCCOc1c(COC(=O)NC(C)(C)C)n(CC(C)(C)C)c(=O)c2ccc(OCC)cc12. The van der Waals surface area contributed by atoms with Crippen LogP contribution in [0.3, 0.4) is 0 Å². The maximum atomic E-state index is 13.6. The Bertz CT molecular complexity index is 1010. The first-order chi connectivity index (χ1) is 15.4. The van der Waals surface area contributed by atoms with Crippen molar-refractivity contribution in [2.45, 2.75) is 86.9 Å². The number of carbonyl (C=O) groups excluding carboxylic acids is 1. The van der Waals surface area contributed by atoms with E-state index in [0.717, 1.165) is 12.8 Å². The average Bonchev–Trinajstić information content (AvgIpc) is 2.68. The van der Waals surface area contributed by atoms with Gasteiger partial charge in [-0.1, -0.05) is 34.1 Å².